The standard InChI is InChI=1S/C10H10O/c1-4-8(2)9(3)10-6-5-7-11-10/h4-7H,1-3H2. The molecule has 1 heteroatoms. The summed E-state index contributed by atoms with van der Waals surface area (Å²) in [7, 11) is 0. The van der Waals surface area contributed by atoms with Crippen LogP contribution in [0.3, 0.4) is 0 Å². The molecule has 0 unspecified atom stereocenters. The molecule has 1 aromatic heterocycles. The van der Waals surface area contributed by atoms with Crippen LogP contribution < -0.4 is 0 Å². The summed E-state index contributed by atoms with van der Waals surface area (Å²) in [5.74, 6) is 0.745. The van der Waals surface area contributed by atoms with E-state index in [2.05, 4.69) is 19.7 Å². The number of hydrogen-bond donors (Lipinski definition) is 0. The molecule has 1 nitrogen and oxygen atoms in total. The van der Waals surface area contributed by atoms with E-state index < -0.39 is 0 Å². The minimum atomic E-state index is 0.745. The number of hydrogen-bond acceptors (Lipinski definition) is 1. The highest BCUT2D eigenvalue weighted by Crippen LogP contribution is 2.19. The fraction of sp³-hybridized carbons (Fsp3) is 0. The molecule has 0 bridgehead atoms. The Balaban J connectivity index is 2.87. The average molecular weight is 146 g/mol. The summed E-state index contributed by atoms with van der Waals surface area (Å²) in [4.78, 5) is 0. The molecule has 11 heavy (non-hydrogen) atoms. The van der Waals surface area contributed by atoms with Crippen molar-refractivity contribution in [2.45, 2.75) is 0 Å². The van der Waals surface area contributed by atoms with E-state index in [1.165, 1.54) is 0 Å². The maximum absolute atomic E-state index is 5.11. The van der Waals surface area contributed by atoms with Gasteiger partial charge in [-0.15, -0.1) is 0 Å². The minimum absolute atomic E-state index is 0.745. The Morgan fingerprint density at radius 2 is 2.18 bits per heavy atom. The topological polar surface area (TPSA) is 13.1 Å². The van der Waals surface area contributed by atoms with Crippen LogP contribution in [-0.4, -0.2) is 0 Å². The molecule has 0 spiro atoms. The van der Waals surface area contributed by atoms with Crippen LogP contribution in [0.1, 0.15) is 5.76 Å². The Bertz CT molecular complexity index is 278. The second-order valence-electron chi connectivity index (χ2n) is 2.19. The third kappa shape index (κ3) is 1.49. The van der Waals surface area contributed by atoms with Gasteiger partial charge in [0.25, 0.3) is 0 Å². The van der Waals surface area contributed by atoms with E-state index in [0.717, 1.165) is 16.9 Å². The maximum Gasteiger partial charge on any atom is 0.133 e. The van der Waals surface area contributed by atoms with Gasteiger partial charge in [-0.1, -0.05) is 25.8 Å². The lowest BCUT2D eigenvalue weighted by Gasteiger charge is -1.98. The first-order chi connectivity index (χ1) is 5.25. The van der Waals surface area contributed by atoms with Gasteiger partial charge >= 0.3 is 0 Å². The smallest absolute Gasteiger partial charge is 0.133 e. The lowest BCUT2D eigenvalue weighted by atomic mass is 10.1. The first-order valence-corrected chi connectivity index (χ1v) is 3.30. The van der Waals surface area contributed by atoms with Crippen molar-refractivity contribution < 1.29 is 4.42 Å². The van der Waals surface area contributed by atoms with E-state index in [0.29, 0.717) is 0 Å². The van der Waals surface area contributed by atoms with Crippen molar-refractivity contribution in [1.82, 2.24) is 0 Å². The molecular weight excluding hydrogens is 136 g/mol. The van der Waals surface area contributed by atoms with Crippen molar-refractivity contribution in [3.8, 4) is 0 Å². The first-order valence-electron chi connectivity index (χ1n) is 3.30. The van der Waals surface area contributed by atoms with E-state index in [9.17, 15) is 0 Å². The quantitative estimate of drug-likeness (QED) is 0.597. The molecule has 0 atom stereocenters. The van der Waals surface area contributed by atoms with E-state index in [1.807, 2.05) is 12.1 Å². The van der Waals surface area contributed by atoms with Crippen LogP contribution in [-0.2, 0) is 0 Å². The summed E-state index contributed by atoms with van der Waals surface area (Å²) >= 11 is 0. The summed E-state index contributed by atoms with van der Waals surface area (Å²) in [5.41, 5.74) is 1.57. The summed E-state index contributed by atoms with van der Waals surface area (Å²) in [5, 5.41) is 0. The highest BCUT2D eigenvalue weighted by atomic mass is 16.3. The third-order valence-corrected chi connectivity index (χ3v) is 1.45. The highest BCUT2D eigenvalue weighted by Gasteiger charge is 2.01. The molecule has 0 amide bonds. The second kappa shape index (κ2) is 3.06. The zero-order valence-electron chi connectivity index (χ0n) is 6.34. The molecular formula is C10H10O. The van der Waals surface area contributed by atoms with Crippen molar-refractivity contribution in [1.29, 1.82) is 0 Å². The van der Waals surface area contributed by atoms with Crippen LogP contribution in [0.2, 0.25) is 0 Å². The zero-order valence-corrected chi connectivity index (χ0v) is 6.34. The van der Waals surface area contributed by atoms with Crippen molar-refractivity contribution >= 4 is 5.57 Å². The predicted molar refractivity (Wildman–Crippen MR) is 47.1 cm³/mol. The molecule has 1 rings (SSSR count). The molecule has 0 aromatic carbocycles. The molecule has 56 valence electrons. The van der Waals surface area contributed by atoms with Gasteiger partial charge in [0.15, 0.2) is 0 Å². The van der Waals surface area contributed by atoms with Crippen LogP contribution in [0.5, 0.6) is 0 Å². The molecule has 0 aliphatic heterocycles. The molecule has 0 N–H and O–H groups in total. The number of allylic oxidation sites excluding steroid dienone is 3. The SMILES string of the molecule is C=CC(=C)C(=C)c1ccco1. The number of rotatable bonds is 3. The Morgan fingerprint density at radius 3 is 2.64 bits per heavy atom. The molecule has 0 aliphatic rings. The van der Waals surface area contributed by atoms with E-state index >= 15 is 0 Å². The fourth-order valence-electron chi connectivity index (χ4n) is 0.732. The fourth-order valence-corrected chi connectivity index (χ4v) is 0.732. The van der Waals surface area contributed by atoms with Crippen LogP contribution in [0.4, 0.5) is 0 Å². The van der Waals surface area contributed by atoms with Gasteiger partial charge in [-0.05, 0) is 17.7 Å². The van der Waals surface area contributed by atoms with E-state index in [1.54, 1.807) is 12.3 Å². The molecule has 0 fully saturated rings. The Kier molecular flexibility index (Phi) is 2.12. The monoisotopic (exact) mass is 146 g/mol. The van der Waals surface area contributed by atoms with Gasteiger partial charge in [-0.2, -0.15) is 0 Å². The maximum atomic E-state index is 5.11. The van der Waals surface area contributed by atoms with Gasteiger partial charge in [0.2, 0.25) is 0 Å². The lowest BCUT2D eigenvalue weighted by molar-refractivity contribution is 0.554. The first kappa shape index (κ1) is 7.61. The van der Waals surface area contributed by atoms with E-state index in [4.69, 9.17) is 4.42 Å². The van der Waals surface area contributed by atoms with Crippen LogP contribution in [0.25, 0.3) is 5.57 Å². The molecule has 0 radical (unpaired) electrons. The van der Waals surface area contributed by atoms with Crippen LogP contribution in [0, 0.1) is 0 Å². The van der Waals surface area contributed by atoms with Gasteiger partial charge in [0.05, 0.1) is 6.26 Å². The van der Waals surface area contributed by atoms with Crippen molar-refractivity contribution in [2.75, 3.05) is 0 Å². The van der Waals surface area contributed by atoms with Gasteiger partial charge in [0.1, 0.15) is 5.76 Å². The Labute approximate surface area is 66.3 Å². The van der Waals surface area contributed by atoms with Crippen molar-refractivity contribution in [3.63, 3.8) is 0 Å². The molecule has 1 aromatic rings. The number of furan rings is 1. The Morgan fingerprint density at radius 1 is 1.45 bits per heavy atom. The third-order valence-electron chi connectivity index (χ3n) is 1.45. The lowest BCUT2D eigenvalue weighted by Crippen LogP contribution is -1.79. The van der Waals surface area contributed by atoms with Crippen molar-refractivity contribution in [2.24, 2.45) is 0 Å². The predicted octanol–water partition coefficient (Wildman–Crippen LogP) is 3.04. The van der Waals surface area contributed by atoms with Crippen molar-refractivity contribution in [3.05, 3.63) is 55.5 Å². The van der Waals surface area contributed by atoms with E-state index in [-0.39, 0.29) is 0 Å². The molecule has 0 saturated heterocycles. The highest BCUT2D eigenvalue weighted by molar-refractivity contribution is 5.76. The largest absolute Gasteiger partial charge is 0.464 e. The molecule has 1 heterocycles. The zero-order chi connectivity index (χ0) is 8.27. The second-order valence-corrected chi connectivity index (χ2v) is 2.19. The average Bonchev–Trinajstić information content (AvgIpc) is 2.53. The van der Waals surface area contributed by atoms with Gasteiger partial charge in [-0.3, -0.25) is 0 Å². The van der Waals surface area contributed by atoms with Gasteiger partial charge < -0.3 is 4.42 Å². The van der Waals surface area contributed by atoms with Crippen LogP contribution in [0.15, 0.2) is 54.2 Å². The molecule has 0 aliphatic carbocycles. The van der Waals surface area contributed by atoms with Gasteiger partial charge in [-0.25, -0.2) is 0 Å². The summed E-state index contributed by atoms with van der Waals surface area (Å²) in [6, 6.07) is 3.66. The normalized spacial score (nSPS) is 9.09. The summed E-state index contributed by atoms with van der Waals surface area (Å²) in [6.45, 7) is 11.1. The van der Waals surface area contributed by atoms with Gasteiger partial charge in [0, 0.05) is 5.57 Å². The minimum Gasteiger partial charge on any atom is -0.464 e. The molecule has 0 saturated carbocycles. The Hall–Kier alpha value is -1.50. The summed E-state index contributed by atoms with van der Waals surface area (Å²) < 4.78 is 5.11. The summed E-state index contributed by atoms with van der Waals surface area (Å²) in [6.07, 6.45) is 3.27. The van der Waals surface area contributed by atoms with Crippen LogP contribution >= 0.6 is 0 Å².